The van der Waals surface area contributed by atoms with Gasteiger partial charge in [-0.2, -0.15) is 8.42 Å². The molecule has 184 valence electrons. The summed E-state index contributed by atoms with van der Waals surface area (Å²) in [6, 6.07) is 13.6. The van der Waals surface area contributed by atoms with Crippen LogP contribution in [0.2, 0.25) is 5.02 Å². The molecule has 0 bridgehead atoms. The minimum Gasteiger partial charge on any atom is -0.379 e. The summed E-state index contributed by atoms with van der Waals surface area (Å²) in [7, 11) is -4.23. The van der Waals surface area contributed by atoms with Crippen molar-refractivity contribution >= 4 is 56.4 Å². The van der Waals surface area contributed by atoms with E-state index in [-0.39, 0.29) is 32.8 Å². The molecule has 0 N–H and O–H groups in total. The van der Waals surface area contributed by atoms with Crippen molar-refractivity contribution in [2.75, 3.05) is 0 Å². The van der Waals surface area contributed by atoms with Gasteiger partial charge in [0.1, 0.15) is 16.5 Å². The average Bonchev–Trinajstić information content (AvgIpc) is 3.09. The van der Waals surface area contributed by atoms with Crippen molar-refractivity contribution in [1.29, 1.82) is 0 Å². The number of halogens is 2. The highest BCUT2D eigenvalue weighted by Gasteiger charge is 2.35. The Hall–Kier alpha value is -3.74. The molecule has 1 fully saturated rings. The number of carbonyl (C=O) groups excluding carboxylic acids is 2. The lowest BCUT2D eigenvalue weighted by atomic mass is 10.2. The van der Waals surface area contributed by atoms with Gasteiger partial charge in [0.2, 0.25) is 0 Å². The molecular weight excluding hydrogens is 535 g/mol. The Kier molecular flexibility index (Phi) is 7.11. The van der Waals surface area contributed by atoms with Crippen molar-refractivity contribution in [2.45, 2.75) is 11.4 Å². The van der Waals surface area contributed by atoms with Crippen LogP contribution in [-0.2, 0) is 21.5 Å². The van der Waals surface area contributed by atoms with Crippen LogP contribution in [0.1, 0.15) is 11.1 Å². The van der Waals surface area contributed by atoms with E-state index in [2.05, 4.69) is 0 Å². The normalized spacial score (nSPS) is 14.9. The summed E-state index contributed by atoms with van der Waals surface area (Å²) < 4.78 is 43.2. The fraction of sp³-hybridized carbons (Fsp3) is 0.0435. The molecule has 0 unspecified atom stereocenters. The third-order valence-corrected chi connectivity index (χ3v) is 7.46. The van der Waals surface area contributed by atoms with E-state index >= 15 is 0 Å². The molecule has 4 rings (SSSR count). The second-order valence-corrected chi connectivity index (χ2v) is 10.3. The number of amides is 2. The first-order valence-electron chi connectivity index (χ1n) is 10.0. The summed E-state index contributed by atoms with van der Waals surface area (Å²) >= 11 is 6.72. The highest BCUT2D eigenvalue weighted by Crippen LogP contribution is 2.34. The maximum absolute atomic E-state index is 13.3. The van der Waals surface area contributed by atoms with Gasteiger partial charge in [-0.25, -0.2) is 4.39 Å². The van der Waals surface area contributed by atoms with Crippen LogP contribution >= 0.6 is 23.4 Å². The van der Waals surface area contributed by atoms with Gasteiger partial charge < -0.3 is 4.18 Å². The molecule has 0 saturated carbocycles. The number of non-ortho nitro benzene ring substituents is 1. The number of nitrogens with zero attached hydrogens (tertiary/aromatic N) is 2. The quantitative estimate of drug-likeness (QED) is 0.166. The molecule has 3 aromatic rings. The Morgan fingerprint density at radius 2 is 1.72 bits per heavy atom. The number of carbonyl (C=O) groups is 2. The van der Waals surface area contributed by atoms with E-state index in [9.17, 15) is 32.5 Å². The zero-order valence-corrected chi connectivity index (χ0v) is 20.3. The zero-order valence-electron chi connectivity index (χ0n) is 18.0. The van der Waals surface area contributed by atoms with Gasteiger partial charge in [-0.05, 0) is 65.4 Å². The van der Waals surface area contributed by atoms with E-state index in [1.807, 2.05) is 0 Å². The minimum absolute atomic E-state index is 0.0236. The van der Waals surface area contributed by atoms with E-state index < -0.39 is 32.0 Å². The Morgan fingerprint density at radius 3 is 2.33 bits per heavy atom. The van der Waals surface area contributed by atoms with Crippen LogP contribution in [0.15, 0.2) is 76.5 Å². The highest BCUT2D eigenvalue weighted by molar-refractivity contribution is 8.18. The van der Waals surface area contributed by atoms with E-state index in [1.54, 1.807) is 0 Å². The predicted octanol–water partition coefficient (Wildman–Crippen LogP) is 5.39. The summed E-state index contributed by atoms with van der Waals surface area (Å²) in [5.74, 6) is -1.11. The standard InChI is InChI=1S/C23H14ClFN2O7S2/c24-20-12-16(25)4-3-15(20)13-26-22(28)21(35-23(26)29)11-14-1-7-18(8-2-14)34-36(32,33)19-9-5-17(6-10-19)27(30)31/h1-12H,13H2/b21-11-. The van der Waals surface area contributed by atoms with Crippen molar-refractivity contribution in [3.8, 4) is 5.75 Å². The number of benzene rings is 3. The number of nitro benzene ring substituents is 1. The first-order chi connectivity index (χ1) is 17.0. The Morgan fingerprint density at radius 1 is 1.06 bits per heavy atom. The topological polar surface area (TPSA) is 124 Å². The smallest absolute Gasteiger partial charge is 0.339 e. The maximum atomic E-state index is 13.3. The SMILES string of the molecule is O=C1S/C(=C\c2ccc(OS(=O)(=O)c3ccc([N+](=O)[O-])cc3)cc2)C(=O)N1Cc1ccc(F)cc1Cl. The van der Waals surface area contributed by atoms with Gasteiger partial charge in [0.25, 0.3) is 16.8 Å². The molecule has 0 aliphatic carbocycles. The van der Waals surface area contributed by atoms with Crippen LogP contribution in [0.25, 0.3) is 6.08 Å². The number of nitro groups is 1. The van der Waals surface area contributed by atoms with Crippen LogP contribution < -0.4 is 4.18 Å². The molecule has 9 nitrogen and oxygen atoms in total. The molecule has 0 spiro atoms. The van der Waals surface area contributed by atoms with Crippen molar-refractivity contribution < 1.29 is 31.5 Å². The van der Waals surface area contributed by atoms with E-state index in [4.69, 9.17) is 15.8 Å². The monoisotopic (exact) mass is 548 g/mol. The molecule has 36 heavy (non-hydrogen) atoms. The molecule has 0 atom stereocenters. The highest BCUT2D eigenvalue weighted by atomic mass is 35.5. The van der Waals surface area contributed by atoms with Crippen LogP contribution in [0.3, 0.4) is 0 Å². The molecule has 1 aliphatic rings. The van der Waals surface area contributed by atoms with E-state index in [1.165, 1.54) is 42.5 Å². The van der Waals surface area contributed by atoms with Crippen molar-refractivity contribution in [2.24, 2.45) is 0 Å². The summed E-state index contributed by atoms with van der Waals surface area (Å²) in [5, 5.41) is 10.3. The van der Waals surface area contributed by atoms with Crippen molar-refractivity contribution in [1.82, 2.24) is 4.90 Å². The lowest BCUT2D eigenvalue weighted by Crippen LogP contribution is -2.27. The van der Waals surface area contributed by atoms with Crippen molar-refractivity contribution in [3.63, 3.8) is 0 Å². The van der Waals surface area contributed by atoms with Gasteiger partial charge in [-0.1, -0.05) is 29.8 Å². The van der Waals surface area contributed by atoms with E-state index in [0.29, 0.717) is 11.1 Å². The van der Waals surface area contributed by atoms with Crippen LogP contribution in [-0.4, -0.2) is 29.4 Å². The molecule has 0 aromatic heterocycles. The van der Waals surface area contributed by atoms with Gasteiger partial charge >= 0.3 is 10.1 Å². The second kappa shape index (κ2) is 10.1. The van der Waals surface area contributed by atoms with Crippen molar-refractivity contribution in [3.05, 3.63) is 104 Å². The Balaban J connectivity index is 1.46. The zero-order chi connectivity index (χ0) is 26.0. The molecule has 0 radical (unpaired) electrons. The van der Waals surface area contributed by atoms with Gasteiger partial charge in [-0.15, -0.1) is 0 Å². The first kappa shape index (κ1) is 25.4. The summed E-state index contributed by atoms with van der Waals surface area (Å²) in [5.41, 5.74) is 0.654. The van der Waals surface area contributed by atoms with Gasteiger partial charge in [0.15, 0.2) is 0 Å². The summed E-state index contributed by atoms with van der Waals surface area (Å²) in [6.07, 6.45) is 1.46. The molecule has 13 heteroatoms. The lowest BCUT2D eigenvalue weighted by molar-refractivity contribution is -0.384. The number of thioether (sulfide) groups is 1. The third kappa shape index (κ3) is 5.56. The number of rotatable bonds is 7. The van der Waals surface area contributed by atoms with Crippen LogP contribution in [0, 0.1) is 15.9 Å². The molecule has 3 aromatic carbocycles. The second-order valence-electron chi connectivity index (χ2n) is 7.36. The van der Waals surface area contributed by atoms with Gasteiger partial charge in [-0.3, -0.25) is 24.6 Å². The van der Waals surface area contributed by atoms with Crippen LogP contribution in [0.4, 0.5) is 14.9 Å². The molecule has 1 saturated heterocycles. The lowest BCUT2D eigenvalue weighted by Gasteiger charge is -2.13. The first-order valence-corrected chi connectivity index (χ1v) is 12.6. The number of imide groups is 1. The molecule has 2 amide bonds. The third-order valence-electron chi connectivity index (χ3n) is 4.94. The molecule has 1 heterocycles. The van der Waals surface area contributed by atoms with Gasteiger partial charge in [0, 0.05) is 17.2 Å². The average molecular weight is 549 g/mol. The maximum Gasteiger partial charge on any atom is 0.339 e. The number of hydrogen-bond donors (Lipinski definition) is 0. The Bertz CT molecular complexity index is 1510. The summed E-state index contributed by atoms with van der Waals surface area (Å²) in [4.78, 5) is 36.0. The van der Waals surface area contributed by atoms with Crippen LogP contribution in [0.5, 0.6) is 5.75 Å². The summed E-state index contributed by atoms with van der Waals surface area (Å²) in [6.45, 7) is -0.117. The fourth-order valence-corrected chi connectivity index (χ4v) is 5.13. The molecule has 1 aliphatic heterocycles. The van der Waals surface area contributed by atoms with Gasteiger partial charge in [0.05, 0.1) is 16.4 Å². The fourth-order valence-electron chi connectivity index (χ4n) is 3.14. The Labute approximate surface area is 213 Å². The predicted molar refractivity (Wildman–Crippen MR) is 130 cm³/mol. The molecular formula is C23H14ClFN2O7S2. The minimum atomic E-state index is -4.23. The van der Waals surface area contributed by atoms with E-state index in [0.717, 1.165) is 47.0 Å². The largest absolute Gasteiger partial charge is 0.379 e. The number of hydrogen-bond acceptors (Lipinski definition) is 8.